The van der Waals surface area contributed by atoms with Crippen molar-refractivity contribution in [2.24, 2.45) is 5.92 Å². The van der Waals surface area contributed by atoms with Crippen molar-refractivity contribution in [3.8, 4) is 0 Å². The van der Waals surface area contributed by atoms with Crippen molar-refractivity contribution in [1.82, 2.24) is 0 Å². The van der Waals surface area contributed by atoms with Crippen LogP contribution in [0.1, 0.15) is 59.3 Å². The summed E-state index contributed by atoms with van der Waals surface area (Å²) >= 11 is 0. The molecule has 0 aliphatic heterocycles. The van der Waals surface area contributed by atoms with Crippen LogP contribution in [0.5, 0.6) is 0 Å². The van der Waals surface area contributed by atoms with E-state index in [4.69, 9.17) is 9.47 Å². The second-order valence-corrected chi connectivity index (χ2v) is 5.45. The van der Waals surface area contributed by atoms with Crippen LogP contribution in [-0.2, 0) is 14.3 Å². The molecule has 0 amide bonds. The van der Waals surface area contributed by atoms with Crippen molar-refractivity contribution in [2.75, 3.05) is 13.2 Å². The van der Waals surface area contributed by atoms with Crippen molar-refractivity contribution in [3.63, 3.8) is 0 Å². The van der Waals surface area contributed by atoms with Gasteiger partial charge in [0, 0.05) is 25.6 Å². The van der Waals surface area contributed by atoms with Crippen LogP contribution in [0.2, 0.25) is 0 Å². The van der Waals surface area contributed by atoms with Crippen LogP contribution in [0.25, 0.3) is 0 Å². The fourth-order valence-electron chi connectivity index (χ4n) is 2.39. The number of hydrogen-bond donors (Lipinski definition) is 0. The van der Waals surface area contributed by atoms with Gasteiger partial charge in [-0.3, -0.25) is 4.79 Å². The zero-order valence-electron chi connectivity index (χ0n) is 12.1. The van der Waals surface area contributed by atoms with Gasteiger partial charge in [-0.1, -0.05) is 13.8 Å². The van der Waals surface area contributed by atoms with E-state index < -0.39 is 0 Å². The van der Waals surface area contributed by atoms with E-state index in [1.165, 1.54) is 0 Å². The van der Waals surface area contributed by atoms with Gasteiger partial charge in [-0.05, 0) is 39.0 Å². The molecule has 1 aliphatic carbocycles. The molecule has 0 aromatic heterocycles. The van der Waals surface area contributed by atoms with Crippen molar-refractivity contribution < 1.29 is 14.3 Å². The van der Waals surface area contributed by atoms with Gasteiger partial charge in [0.2, 0.25) is 0 Å². The topological polar surface area (TPSA) is 35.5 Å². The van der Waals surface area contributed by atoms with Crippen LogP contribution >= 0.6 is 0 Å². The first kappa shape index (κ1) is 15.6. The van der Waals surface area contributed by atoms with Crippen LogP contribution in [0.3, 0.4) is 0 Å². The maximum Gasteiger partial charge on any atom is 0.135 e. The predicted octanol–water partition coefficient (Wildman–Crippen LogP) is 3.36. The number of ether oxygens (including phenoxy) is 2. The highest BCUT2D eigenvalue weighted by Gasteiger charge is 2.21. The zero-order chi connectivity index (χ0) is 13.4. The number of rotatable bonds is 8. The Morgan fingerprint density at radius 1 is 1.11 bits per heavy atom. The summed E-state index contributed by atoms with van der Waals surface area (Å²) in [7, 11) is 0. The maximum atomic E-state index is 11.4. The standard InChI is InChI=1S/C15H28O3/c1-4-17-13-7-9-14(10-8-13)18-11-5-6-15(16)12(2)3/h12-14H,4-11H2,1-3H3/t13-,14-. The first-order chi connectivity index (χ1) is 8.63. The van der Waals surface area contributed by atoms with Crippen molar-refractivity contribution in [2.45, 2.75) is 71.5 Å². The molecule has 0 heterocycles. The van der Waals surface area contributed by atoms with Gasteiger partial charge in [-0.25, -0.2) is 0 Å². The van der Waals surface area contributed by atoms with E-state index in [1.54, 1.807) is 0 Å². The molecule has 18 heavy (non-hydrogen) atoms. The van der Waals surface area contributed by atoms with E-state index in [9.17, 15) is 4.79 Å². The fourth-order valence-corrected chi connectivity index (χ4v) is 2.39. The molecule has 1 rings (SSSR count). The van der Waals surface area contributed by atoms with Gasteiger partial charge in [0.1, 0.15) is 5.78 Å². The SMILES string of the molecule is CCO[C@H]1CC[C@H](OCCCC(=O)C(C)C)CC1. The highest BCUT2D eigenvalue weighted by molar-refractivity contribution is 5.80. The molecule has 1 saturated carbocycles. The summed E-state index contributed by atoms with van der Waals surface area (Å²) < 4.78 is 11.4. The van der Waals surface area contributed by atoms with Gasteiger partial charge in [0.25, 0.3) is 0 Å². The lowest BCUT2D eigenvalue weighted by atomic mass is 9.95. The van der Waals surface area contributed by atoms with Gasteiger partial charge in [0.15, 0.2) is 0 Å². The summed E-state index contributed by atoms with van der Waals surface area (Å²) in [6.07, 6.45) is 6.78. The lowest BCUT2D eigenvalue weighted by Crippen LogP contribution is -2.26. The number of ketones is 1. The third-order valence-corrected chi connectivity index (χ3v) is 3.59. The Balaban J connectivity index is 2.02. The van der Waals surface area contributed by atoms with E-state index in [0.717, 1.165) is 45.3 Å². The molecule has 0 spiro atoms. The minimum atomic E-state index is 0.159. The summed E-state index contributed by atoms with van der Waals surface area (Å²) in [6.45, 7) is 7.50. The molecule has 0 unspecified atom stereocenters. The largest absolute Gasteiger partial charge is 0.379 e. The highest BCUT2D eigenvalue weighted by atomic mass is 16.5. The molecule has 3 heteroatoms. The van der Waals surface area contributed by atoms with Crippen molar-refractivity contribution in [3.05, 3.63) is 0 Å². The van der Waals surface area contributed by atoms with Crippen LogP contribution in [-0.4, -0.2) is 31.2 Å². The van der Waals surface area contributed by atoms with Crippen LogP contribution in [0, 0.1) is 5.92 Å². The van der Waals surface area contributed by atoms with Crippen molar-refractivity contribution >= 4 is 5.78 Å². The van der Waals surface area contributed by atoms with Crippen LogP contribution in [0.15, 0.2) is 0 Å². The highest BCUT2D eigenvalue weighted by Crippen LogP contribution is 2.23. The molecule has 0 aromatic carbocycles. The summed E-state index contributed by atoms with van der Waals surface area (Å²) in [5.74, 6) is 0.505. The molecular weight excluding hydrogens is 228 g/mol. The number of hydrogen-bond acceptors (Lipinski definition) is 3. The monoisotopic (exact) mass is 256 g/mol. The van der Waals surface area contributed by atoms with Gasteiger partial charge < -0.3 is 9.47 Å². The Labute approximate surface area is 111 Å². The molecule has 3 nitrogen and oxygen atoms in total. The van der Waals surface area contributed by atoms with Gasteiger partial charge in [-0.15, -0.1) is 0 Å². The van der Waals surface area contributed by atoms with E-state index in [2.05, 4.69) is 0 Å². The molecule has 106 valence electrons. The number of carbonyl (C=O) groups excluding carboxylic acids is 1. The first-order valence-corrected chi connectivity index (χ1v) is 7.39. The van der Waals surface area contributed by atoms with Gasteiger partial charge in [0.05, 0.1) is 12.2 Å². The second kappa shape index (κ2) is 8.65. The van der Waals surface area contributed by atoms with E-state index in [1.807, 2.05) is 20.8 Å². The maximum absolute atomic E-state index is 11.4. The molecule has 0 saturated heterocycles. The molecule has 0 bridgehead atoms. The second-order valence-electron chi connectivity index (χ2n) is 5.45. The Hall–Kier alpha value is -0.410. The quantitative estimate of drug-likeness (QED) is 0.625. The Morgan fingerprint density at radius 2 is 1.67 bits per heavy atom. The van der Waals surface area contributed by atoms with E-state index in [-0.39, 0.29) is 5.92 Å². The predicted molar refractivity (Wildman–Crippen MR) is 72.7 cm³/mol. The van der Waals surface area contributed by atoms with E-state index >= 15 is 0 Å². The van der Waals surface area contributed by atoms with Gasteiger partial charge in [-0.2, -0.15) is 0 Å². The third-order valence-electron chi connectivity index (χ3n) is 3.59. The summed E-state index contributed by atoms with van der Waals surface area (Å²) in [4.78, 5) is 11.4. The van der Waals surface area contributed by atoms with E-state index in [0.29, 0.717) is 24.4 Å². The Kier molecular flexibility index (Phi) is 7.52. The molecule has 1 aliphatic rings. The average Bonchev–Trinajstić information content (AvgIpc) is 2.36. The number of carbonyl (C=O) groups is 1. The Morgan fingerprint density at radius 3 is 2.17 bits per heavy atom. The van der Waals surface area contributed by atoms with Crippen LogP contribution < -0.4 is 0 Å². The fraction of sp³-hybridized carbons (Fsp3) is 0.933. The lowest BCUT2D eigenvalue weighted by molar-refractivity contribution is -0.122. The Bertz CT molecular complexity index is 230. The summed E-state index contributed by atoms with van der Waals surface area (Å²) in [5.41, 5.74) is 0. The lowest BCUT2D eigenvalue weighted by Gasteiger charge is -2.28. The summed E-state index contributed by atoms with van der Waals surface area (Å²) in [5, 5.41) is 0. The molecular formula is C15H28O3. The minimum absolute atomic E-state index is 0.159. The molecule has 0 radical (unpaired) electrons. The third kappa shape index (κ3) is 5.96. The van der Waals surface area contributed by atoms with Gasteiger partial charge >= 0.3 is 0 Å². The zero-order valence-corrected chi connectivity index (χ0v) is 12.1. The first-order valence-electron chi connectivity index (χ1n) is 7.39. The molecule has 0 N–H and O–H groups in total. The molecule has 0 atom stereocenters. The smallest absolute Gasteiger partial charge is 0.135 e. The van der Waals surface area contributed by atoms with Crippen molar-refractivity contribution in [1.29, 1.82) is 0 Å². The normalized spacial score (nSPS) is 24.4. The van der Waals surface area contributed by atoms with Crippen LogP contribution in [0.4, 0.5) is 0 Å². The summed E-state index contributed by atoms with van der Waals surface area (Å²) in [6, 6.07) is 0. The average molecular weight is 256 g/mol. The molecule has 1 fully saturated rings. The minimum Gasteiger partial charge on any atom is -0.379 e. The number of Topliss-reactive ketones (excluding diaryl/α,β-unsaturated/α-hetero) is 1. The molecule has 0 aromatic rings.